The van der Waals surface area contributed by atoms with E-state index in [1.807, 2.05) is 18.7 Å². The number of likely N-dealkylation sites (tertiary alicyclic amines) is 1. The molecule has 2 N–H and O–H groups in total. The van der Waals surface area contributed by atoms with Gasteiger partial charge in [-0.15, -0.1) is 0 Å². The molecule has 0 bridgehead atoms. The highest BCUT2D eigenvalue weighted by Gasteiger charge is 2.43. The number of ether oxygens (including phenoxy) is 1. The number of ketones is 1. The van der Waals surface area contributed by atoms with Crippen LogP contribution in [0, 0.1) is 13.8 Å². The van der Waals surface area contributed by atoms with Crippen molar-refractivity contribution in [3.8, 4) is 0 Å². The third-order valence-electron chi connectivity index (χ3n) is 5.88. The molecule has 1 spiro atoms. The highest BCUT2D eigenvalue weighted by atomic mass is 16.5. The Labute approximate surface area is 159 Å². The molecule has 1 aromatic heterocycles. The van der Waals surface area contributed by atoms with Gasteiger partial charge in [-0.3, -0.25) is 14.3 Å². The van der Waals surface area contributed by atoms with Crippen LogP contribution in [0.5, 0.6) is 0 Å². The van der Waals surface area contributed by atoms with Gasteiger partial charge in [-0.05, 0) is 33.6 Å². The van der Waals surface area contributed by atoms with Crippen LogP contribution in [-0.2, 0) is 16.1 Å². The number of piperidine rings is 1. The van der Waals surface area contributed by atoms with Crippen molar-refractivity contribution in [1.82, 2.24) is 14.7 Å². The molecule has 0 aromatic carbocycles. The van der Waals surface area contributed by atoms with E-state index in [1.54, 1.807) is 4.68 Å². The lowest BCUT2D eigenvalue weighted by molar-refractivity contribution is -0.188. The summed E-state index contributed by atoms with van der Waals surface area (Å²) in [6, 6.07) is 0. The first-order valence-electron chi connectivity index (χ1n) is 9.55. The van der Waals surface area contributed by atoms with Gasteiger partial charge in [0.1, 0.15) is 6.10 Å². The minimum atomic E-state index is -0.823. The topological polar surface area (TPSA) is 105 Å². The monoisotopic (exact) mass is 379 g/mol. The van der Waals surface area contributed by atoms with Crippen LogP contribution in [0.2, 0.25) is 0 Å². The maximum Gasteiger partial charge on any atom is 0.224 e. The molecule has 8 nitrogen and oxygen atoms in total. The van der Waals surface area contributed by atoms with Crippen LogP contribution in [0.25, 0.3) is 0 Å². The van der Waals surface area contributed by atoms with E-state index in [0.29, 0.717) is 56.6 Å². The predicted octanol–water partition coefficient (Wildman–Crippen LogP) is 0.596. The Balaban J connectivity index is 1.53. The average Bonchev–Trinajstić information content (AvgIpc) is 2.91. The molecule has 0 aliphatic carbocycles. The molecule has 0 saturated carbocycles. The van der Waals surface area contributed by atoms with Crippen molar-refractivity contribution in [2.75, 3.05) is 19.7 Å². The molecule has 3 rings (SSSR count). The summed E-state index contributed by atoms with van der Waals surface area (Å²) in [6.45, 7) is 6.94. The number of nitrogens with zero attached hydrogens (tertiary/aromatic N) is 3. The Bertz CT molecular complexity index is 721. The van der Waals surface area contributed by atoms with Gasteiger partial charge < -0.3 is 19.8 Å². The first-order valence-corrected chi connectivity index (χ1v) is 9.55. The lowest BCUT2D eigenvalue weighted by atomic mass is 9.82. The number of carbonyl (C=O) groups is 2. The Kier molecular flexibility index (Phi) is 5.69. The summed E-state index contributed by atoms with van der Waals surface area (Å²) >= 11 is 0. The van der Waals surface area contributed by atoms with E-state index in [-0.39, 0.29) is 18.3 Å². The number of amides is 1. The number of hydrogen-bond donors (Lipinski definition) is 2. The Morgan fingerprint density at radius 1 is 1.22 bits per heavy atom. The Morgan fingerprint density at radius 2 is 1.89 bits per heavy atom. The Morgan fingerprint density at radius 3 is 2.44 bits per heavy atom. The first kappa shape index (κ1) is 20.0. The van der Waals surface area contributed by atoms with Gasteiger partial charge in [0.15, 0.2) is 5.78 Å². The standard InChI is InChI=1S/C19H29N3O5/c1-12-18(14(3)23)13(2)22(20-12)7-4-17(26)21-8-5-19(6-9-21)10-15(24)16(25)11-27-19/h15-16,24-25H,4-11H2,1-3H3/t15-,16+/m1/s1. The van der Waals surface area contributed by atoms with Crippen molar-refractivity contribution in [1.29, 1.82) is 0 Å². The van der Waals surface area contributed by atoms with Crippen LogP contribution in [0.15, 0.2) is 0 Å². The molecule has 27 heavy (non-hydrogen) atoms. The van der Waals surface area contributed by atoms with Gasteiger partial charge in [0, 0.05) is 38.2 Å². The molecule has 1 aromatic rings. The summed E-state index contributed by atoms with van der Waals surface area (Å²) in [5.41, 5.74) is 1.70. The van der Waals surface area contributed by atoms with Gasteiger partial charge in [0.05, 0.1) is 29.6 Å². The summed E-state index contributed by atoms with van der Waals surface area (Å²) in [7, 11) is 0. The molecule has 2 fully saturated rings. The van der Waals surface area contributed by atoms with Crippen LogP contribution < -0.4 is 0 Å². The van der Waals surface area contributed by atoms with Gasteiger partial charge >= 0.3 is 0 Å². The molecule has 0 unspecified atom stereocenters. The summed E-state index contributed by atoms with van der Waals surface area (Å²) < 4.78 is 7.54. The number of aliphatic hydroxyl groups is 2. The van der Waals surface area contributed by atoms with Crippen LogP contribution in [0.4, 0.5) is 0 Å². The second kappa shape index (κ2) is 7.69. The quantitative estimate of drug-likeness (QED) is 0.742. The van der Waals surface area contributed by atoms with Crippen molar-refractivity contribution in [3.63, 3.8) is 0 Å². The van der Waals surface area contributed by atoms with E-state index in [0.717, 1.165) is 5.69 Å². The highest BCUT2D eigenvalue weighted by molar-refractivity contribution is 5.96. The van der Waals surface area contributed by atoms with Crippen molar-refractivity contribution in [2.24, 2.45) is 0 Å². The van der Waals surface area contributed by atoms with Crippen LogP contribution in [-0.4, -0.2) is 74.1 Å². The zero-order valence-electron chi connectivity index (χ0n) is 16.3. The fraction of sp³-hybridized carbons (Fsp3) is 0.737. The SMILES string of the molecule is CC(=O)c1c(C)nn(CCC(=O)N2CCC3(CC2)C[C@@H](O)[C@@H](O)CO3)c1C. The number of aryl methyl sites for hydroxylation is 2. The molecule has 3 heterocycles. The minimum Gasteiger partial charge on any atom is -0.390 e. The molecular weight excluding hydrogens is 350 g/mol. The number of carbonyl (C=O) groups excluding carboxylic acids is 2. The van der Waals surface area contributed by atoms with E-state index >= 15 is 0 Å². The lowest BCUT2D eigenvalue weighted by Crippen LogP contribution is -2.55. The summed E-state index contributed by atoms with van der Waals surface area (Å²) in [6.07, 6.45) is 0.483. The normalized spacial score (nSPS) is 25.0. The average molecular weight is 379 g/mol. The first-order chi connectivity index (χ1) is 12.7. The zero-order chi connectivity index (χ0) is 19.8. The van der Waals surface area contributed by atoms with Crippen molar-refractivity contribution in [2.45, 2.75) is 70.8 Å². The zero-order valence-corrected chi connectivity index (χ0v) is 16.3. The highest BCUT2D eigenvalue weighted by Crippen LogP contribution is 2.35. The molecular formula is C19H29N3O5. The molecule has 2 atom stereocenters. The molecule has 2 aliphatic heterocycles. The van der Waals surface area contributed by atoms with Gasteiger partial charge in [0.2, 0.25) is 5.91 Å². The predicted molar refractivity (Wildman–Crippen MR) is 97.5 cm³/mol. The van der Waals surface area contributed by atoms with Gasteiger partial charge in [-0.25, -0.2) is 0 Å². The summed E-state index contributed by atoms with van der Waals surface area (Å²) in [5, 5.41) is 23.9. The van der Waals surface area contributed by atoms with Gasteiger partial charge in [-0.1, -0.05) is 0 Å². The lowest BCUT2D eigenvalue weighted by Gasteiger charge is -2.46. The fourth-order valence-electron chi connectivity index (χ4n) is 4.25. The van der Waals surface area contributed by atoms with Gasteiger partial charge in [0.25, 0.3) is 0 Å². The van der Waals surface area contributed by atoms with Crippen LogP contribution in [0.3, 0.4) is 0 Å². The third-order valence-corrected chi connectivity index (χ3v) is 5.88. The van der Waals surface area contributed by atoms with Gasteiger partial charge in [-0.2, -0.15) is 5.10 Å². The third kappa shape index (κ3) is 4.07. The molecule has 1 amide bonds. The number of rotatable bonds is 4. The van der Waals surface area contributed by atoms with Crippen LogP contribution in [0.1, 0.15) is 54.4 Å². The number of hydrogen-bond acceptors (Lipinski definition) is 6. The van der Waals surface area contributed by atoms with Crippen molar-refractivity contribution < 1.29 is 24.5 Å². The Hall–Kier alpha value is -1.77. The summed E-state index contributed by atoms with van der Waals surface area (Å²) in [5.74, 6) is 0.0434. The van der Waals surface area contributed by atoms with E-state index in [4.69, 9.17) is 4.74 Å². The number of aromatic nitrogens is 2. The molecule has 0 radical (unpaired) electrons. The van der Waals surface area contributed by atoms with Crippen molar-refractivity contribution >= 4 is 11.7 Å². The van der Waals surface area contributed by atoms with E-state index in [2.05, 4.69) is 5.10 Å². The summed E-state index contributed by atoms with van der Waals surface area (Å²) in [4.78, 5) is 26.1. The molecule has 8 heteroatoms. The van der Waals surface area contributed by atoms with E-state index < -0.39 is 17.8 Å². The maximum atomic E-state index is 12.6. The number of Topliss-reactive ketones (excluding diaryl/α,β-unsaturated/α-hetero) is 1. The van der Waals surface area contributed by atoms with Crippen LogP contribution >= 0.6 is 0 Å². The second-order valence-corrected chi connectivity index (χ2v) is 7.79. The van der Waals surface area contributed by atoms with E-state index in [1.165, 1.54) is 6.92 Å². The molecule has 2 aliphatic rings. The number of aliphatic hydroxyl groups excluding tert-OH is 2. The van der Waals surface area contributed by atoms with Crippen molar-refractivity contribution in [3.05, 3.63) is 17.0 Å². The smallest absolute Gasteiger partial charge is 0.224 e. The largest absolute Gasteiger partial charge is 0.390 e. The fourth-order valence-corrected chi connectivity index (χ4v) is 4.25. The molecule has 150 valence electrons. The second-order valence-electron chi connectivity index (χ2n) is 7.79. The van der Waals surface area contributed by atoms with E-state index in [9.17, 15) is 19.8 Å². The maximum absolute atomic E-state index is 12.6. The molecule has 2 saturated heterocycles. The minimum absolute atomic E-state index is 0.0105.